The van der Waals surface area contributed by atoms with E-state index in [9.17, 15) is 14.7 Å². The highest BCUT2D eigenvalue weighted by molar-refractivity contribution is 6.22. The highest BCUT2D eigenvalue weighted by Gasteiger charge is 2.53. The second-order valence-corrected chi connectivity index (χ2v) is 5.60. The van der Waals surface area contributed by atoms with Gasteiger partial charge in [0.25, 0.3) is 5.91 Å². The fourth-order valence-electron chi connectivity index (χ4n) is 3.44. The van der Waals surface area contributed by atoms with Crippen molar-refractivity contribution >= 4 is 17.6 Å². The average Bonchev–Trinajstić information content (AvgIpc) is 3.18. The normalized spacial score (nSPS) is 26.0. The lowest BCUT2D eigenvalue weighted by Gasteiger charge is -2.18. The Kier molecular flexibility index (Phi) is 2.65. The summed E-state index contributed by atoms with van der Waals surface area (Å²) < 4.78 is 5.47. The number of anilines is 1. The molecule has 2 fully saturated rings. The fraction of sp³-hybridized carbons (Fsp3) is 0.400. The van der Waals surface area contributed by atoms with Gasteiger partial charge in [0, 0.05) is 18.5 Å². The van der Waals surface area contributed by atoms with Gasteiger partial charge in [0.1, 0.15) is 17.9 Å². The Labute approximate surface area is 126 Å². The number of hydrogen-bond acceptors (Lipinski definition) is 5. The number of aliphatic hydroxyl groups excluding tert-OH is 1. The molecule has 1 aromatic rings. The minimum absolute atomic E-state index is 0.377. The Bertz CT molecular complexity index is 739. The lowest BCUT2D eigenvalue weighted by molar-refractivity contribution is -0.121. The molecule has 0 aliphatic carbocycles. The second kappa shape index (κ2) is 4.45. The van der Waals surface area contributed by atoms with E-state index in [1.807, 2.05) is 0 Å². The van der Waals surface area contributed by atoms with Crippen LogP contribution in [0.15, 0.2) is 12.1 Å². The quantitative estimate of drug-likeness (QED) is 0.757. The van der Waals surface area contributed by atoms with Gasteiger partial charge >= 0.3 is 6.03 Å². The summed E-state index contributed by atoms with van der Waals surface area (Å²) in [6.45, 7) is 0.800. The van der Waals surface area contributed by atoms with Gasteiger partial charge in [-0.2, -0.15) is 5.26 Å². The van der Waals surface area contributed by atoms with Crippen LogP contribution in [0.1, 0.15) is 17.5 Å². The number of carbonyl (C=O) groups excluding carboxylic acids is 2. The molecule has 4 rings (SSSR count). The van der Waals surface area contributed by atoms with E-state index in [0.29, 0.717) is 48.6 Å². The van der Waals surface area contributed by atoms with Crippen LogP contribution in [0.5, 0.6) is 5.75 Å². The molecule has 3 aliphatic heterocycles. The van der Waals surface area contributed by atoms with Gasteiger partial charge in [0.15, 0.2) is 0 Å². The number of benzene rings is 1. The summed E-state index contributed by atoms with van der Waals surface area (Å²) in [6, 6.07) is 4.01. The first-order valence-corrected chi connectivity index (χ1v) is 7.15. The van der Waals surface area contributed by atoms with E-state index in [1.165, 1.54) is 4.90 Å². The molecule has 3 heterocycles. The number of aliphatic hydroxyl groups is 1. The molecule has 0 bridgehead atoms. The predicted molar refractivity (Wildman–Crippen MR) is 74.4 cm³/mol. The number of nitriles is 1. The molecule has 0 unspecified atom stereocenters. The van der Waals surface area contributed by atoms with Gasteiger partial charge in [0.2, 0.25) is 0 Å². The summed E-state index contributed by atoms with van der Waals surface area (Å²) in [5.74, 6) is 0.0435. The molecule has 0 saturated carbocycles. The molecule has 0 radical (unpaired) electrons. The van der Waals surface area contributed by atoms with Crippen LogP contribution in [0.25, 0.3) is 0 Å². The highest BCUT2D eigenvalue weighted by atomic mass is 16.5. The number of carbonyl (C=O) groups is 2. The van der Waals surface area contributed by atoms with E-state index in [1.54, 1.807) is 12.1 Å². The first-order chi connectivity index (χ1) is 10.6. The molecule has 1 N–H and O–H groups in total. The highest BCUT2D eigenvalue weighted by Crippen LogP contribution is 2.40. The van der Waals surface area contributed by atoms with Crippen molar-refractivity contribution in [2.45, 2.75) is 25.0 Å². The van der Waals surface area contributed by atoms with E-state index in [4.69, 9.17) is 10.00 Å². The maximum Gasteiger partial charge on any atom is 0.332 e. The van der Waals surface area contributed by atoms with E-state index in [-0.39, 0.29) is 0 Å². The fourth-order valence-corrected chi connectivity index (χ4v) is 3.44. The maximum absolute atomic E-state index is 12.6. The standard InChI is InChI=1S/C15H13N3O4/c16-7-8-1-2-10(9-4-6-22-13(8)9)18-14(20)12-11(19)3-5-17(12)15(18)21/h1-2,11-12,19H,3-6H2/t11-,12+/m1/s1. The molecule has 7 heteroatoms. The molecule has 2 atom stereocenters. The van der Waals surface area contributed by atoms with Crippen molar-refractivity contribution in [3.8, 4) is 11.8 Å². The average molecular weight is 299 g/mol. The Hall–Kier alpha value is -2.59. The number of fused-ring (bicyclic) bond motifs is 2. The van der Waals surface area contributed by atoms with E-state index in [0.717, 1.165) is 4.90 Å². The summed E-state index contributed by atoms with van der Waals surface area (Å²) in [5, 5.41) is 19.0. The molecule has 0 spiro atoms. The number of urea groups is 1. The molecule has 3 amide bonds. The number of nitrogens with zero attached hydrogens (tertiary/aromatic N) is 3. The minimum atomic E-state index is -0.816. The number of hydrogen-bond donors (Lipinski definition) is 1. The van der Waals surface area contributed by atoms with Crippen LogP contribution in [0.2, 0.25) is 0 Å². The molecule has 2 saturated heterocycles. The Morgan fingerprint density at radius 2 is 2.18 bits per heavy atom. The van der Waals surface area contributed by atoms with E-state index < -0.39 is 24.1 Å². The zero-order valence-corrected chi connectivity index (χ0v) is 11.7. The summed E-state index contributed by atoms with van der Waals surface area (Å²) in [6.07, 6.45) is 0.152. The molecular formula is C15H13N3O4. The maximum atomic E-state index is 12.6. The molecule has 7 nitrogen and oxygen atoms in total. The Morgan fingerprint density at radius 3 is 2.91 bits per heavy atom. The van der Waals surface area contributed by atoms with Gasteiger partial charge in [-0.25, -0.2) is 9.69 Å². The smallest absolute Gasteiger partial charge is 0.332 e. The molecular weight excluding hydrogens is 286 g/mol. The zero-order valence-electron chi connectivity index (χ0n) is 11.7. The van der Waals surface area contributed by atoms with Gasteiger partial charge in [0.05, 0.1) is 24.0 Å². The van der Waals surface area contributed by atoms with Gasteiger partial charge in [-0.1, -0.05) is 0 Å². The van der Waals surface area contributed by atoms with Gasteiger partial charge < -0.3 is 14.7 Å². The van der Waals surface area contributed by atoms with Crippen LogP contribution in [-0.4, -0.2) is 47.2 Å². The minimum Gasteiger partial charge on any atom is -0.491 e. The molecule has 0 aromatic heterocycles. The zero-order chi connectivity index (χ0) is 15.4. The van der Waals surface area contributed by atoms with Gasteiger partial charge in [-0.3, -0.25) is 4.79 Å². The topological polar surface area (TPSA) is 93.9 Å². The van der Waals surface area contributed by atoms with Crippen molar-refractivity contribution in [2.24, 2.45) is 0 Å². The van der Waals surface area contributed by atoms with Crippen molar-refractivity contribution in [3.63, 3.8) is 0 Å². The number of ether oxygens (including phenoxy) is 1. The van der Waals surface area contributed by atoms with Crippen LogP contribution >= 0.6 is 0 Å². The van der Waals surface area contributed by atoms with E-state index in [2.05, 4.69) is 6.07 Å². The summed E-state index contributed by atoms with van der Waals surface area (Å²) in [5.41, 5.74) is 1.57. The van der Waals surface area contributed by atoms with Crippen molar-refractivity contribution in [2.75, 3.05) is 18.1 Å². The van der Waals surface area contributed by atoms with Crippen molar-refractivity contribution in [1.29, 1.82) is 5.26 Å². The largest absolute Gasteiger partial charge is 0.491 e. The van der Waals surface area contributed by atoms with Gasteiger partial charge in [-0.15, -0.1) is 0 Å². The molecule has 3 aliphatic rings. The summed E-state index contributed by atoms with van der Waals surface area (Å²) in [4.78, 5) is 27.6. The van der Waals surface area contributed by atoms with Crippen LogP contribution in [0.3, 0.4) is 0 Å². The SMILES string of the molecule is N#Cc1ccc(N2C(=O)[C@@H]3[C@H](O)CCN3C2=O)c2c1OCC2. The Balaban J connectivity index is 1.81. The van der Waals surface area contributed by atoms with Crippen LogP contribution < -0.4 is 9.64 Å². The summed E-state index contributed by atoms with van der Waals surface area (Å²) >= 11 is 0. The van der Waals surface area contributed by atoms with E-state index >= 15 is 0 Å². The van der Waals surface area contributed by atoms with Crippen LogP contribution in [-0.2, 0) is 11.2 Å². The van der Waals surface area contributed by atoms with Gasteiger partial charge in [-0.05, 0) is 18.6 Å². The van der Waals surface area contributed by atoms with Crippen molar-refractivity contribution in [1.82, 2.24) is 4.90 Å². The number of imide groups is 1. The number of rotatable bonds is 1. The first-order valence-electron chi connectivity index (χ1n) is 7.15. The molecule has 22 heavy (non-hydrogen) atoms. The number of amides is 3. The molecule has 112 valence electrons. The van der Waals surface area contributed by atoms with Crippen LogP contribution in [0, 0.1) is 11.3 Å². The lowest BCUT2D eigenvalue weighted by Crippen LogP contribution is -2.36. The van der Waals surface area contributed by atoms with Crippen molar-refractivity contribution in [3.05, 3.63) is 23.3 Å². The third-order valence-corrected chi connectivity index (χ3v) is 4.47. The third kappa shape index (κ3) is 1.53. The Morgan fingerprint density at radius 1 is 1.36 bits per heavy atom. The third-order valence-electron chi connectivity index (χ3n) is 4.47. The molecule has 1 aromatic carbocycles. The van der Waals surface area contributed by atoms with Crippen LogP contribution in [0.4, 0.5) is 10.5 Å². The lowest BCUT2D eigenvalue weighted by atomic mass is 10.0. The monoisotopic (exact) mass is 299 g/mol. The first kappa shape index (κ1) is 13.1. The van der Waals surface area contributed by atoms with Crippen molar-refractivity contribution < 1.29 is 19.4 Å². The second-order valence-electron chi connectivity index (χ2n) is 5.60. The predicted octanol–water partition coefficient (Wildman–Crippen LogP) is 0.395. The summed E-state index contributed by atoms with van der Waals surface area (Å²) in [7, 11) is 0.